The summed E-state index contributed by atoms with van der Waals surface area (Å²) in [6, 6.07) is 6.43. The SMILES string of the molecule is C[C@@](CSCCC#N)(NC(=O)O)c1cc(Br)ccc1F. The Morgan fingerprint density at radius 1 is 1.65 bits per heavy atom. The summed E-state index contributed by atoms with van der Waals surface area (Å²) in [4.78, 5) is 11.0. The Hall–Kier alpha value is -1.26. The molecular formula is C13H14BrFN2O2S. The van der Waals surface area contributed by atoms with Gasteiger partial charge in [0.1, 0.15) is 5.82 Å². The predicted molar refractivity (Wildman–Crippen MR) is 80.2 cm³/mol. The number of hydrogen-bond acceptors (Lipinski definition) is 3. The van der Waals surface area contributed by atoms with Gasteiger partial charge in [0.15, 0.2) is 0 Å². The Labute approximate surface area is 129 Å². The van der Waals surface area contributed by atoms with E-state index < -0.39 is 17.4 Å². The molecule has 0 spiro atoms. The summed E-state index contributed by atoms with van der Waals surface area (Å²) in [7, 11) is 0. The van der Waals surface area contributed by atoms with Crippen molar-refractivity contribution in [3.05, 3.63) is 34.1 Å². The highest BCUT2D eigenvalue weighted by molar-refractivity contribution is 9.10. The zero-order chi connectivity index (χ0) is 15.2. The lowest BCUT2D eigenvalue weighted by atomic mass is 9.93. The predicted octanol–water partition coefficient (Wildman–Crippen LogP) is 3.72. The highest BCUT2D eigenvalue weighted by Crippen LogP contribution is 2.30. The van der Waals surface area contributed by atoms with Crippen molar-refractivity contribution in [2.75, 3.05) is 11.5 Å². The molecule has 1 aromatic rings. The standard InChI is InChI=1S/C13H14BrFN2O2S/c1-13(17-12(18)19,8-20-6-2-5-16)10-7-9(14)3-4-11(10)15/h3-4,7,17H,2,6,8H2,1H3,(H,18,19)/t13-/m0/s1. The van der Waals surface area contributed by atoms with Crippen LogP contribution >= 0.6 is 27.7 Å². The molecule has 0 radical (unpaired) electrons. The lowest BCUT2D eigenvalue weighted by molar-refractivity contribution is 0.182. The normalized spacial score (nSPS) is 13.3. The number of nitrogens with one attached hydrogen (secondary N) is 1. The molecule has 0 aliphatic rings. The van der Waals surface area contributed by atoms with Crippen LogP contribution in [-0.4, -0.2) is 22.7 Å². The van der Waals surface area contributed by atoms with Crippen LogP contribution in [-0.2, 0) is 5.54 Å². The molecule has 108 valence electrons. The fourth-order valence-corrected chi connectivity index (χ4v) is 3.11. The van der Waals surface area contributed by atoms with Crippen molar-refractivity contribution in [2.45, 2.75) is 18.9 Å². The first-order valence-corrected chi connectivity index (χ1v) is 7.75. The Morgan fingerprint density at radius 3 is 2.95 bits per heavy atom. The Kier molecular flexibility index (Phi) is 6.30. The van der Waals surface area contributed by atoms with Crippen molar-refractivity contribution < 1.29 is 14.3 Å². The van der Waals surface area contributed by atoms with Crippen LogP contribution in [0.1, 0.15) is 18.9 Å². The molecule has 2 N–H and O–H groups in total. The number of carbonyl (C=O) groups is 1. The second-order valence-electron chi connectivity index (χ2n) is 4.35. The zero-order valence-corrected chi connectivity index (χ0v) is 13.2. The van der Waals surface area contributed by atoms with E-state index in [-0.39, 0.29) is 5.56 Å². The van der Waals surface area contributed by atoms with Crippen molar-refractivity contribution in [2.24, 2.45) is 0 Å². The molecule has 0 saturated carbocycles. The molecule has 1 atom stereocenters. The summed E-state index contributed by atoms with van der Waals surface area (Å²) < 4.78 is 14.7. The largest absolute Gasteiger partial charge is 0.465 e. The number of rotatable bonds is 6. The van der Waals surface area contributed by atoms with Crippen molar-refractivity contribution in [1.82, 2.24) is 5.32 Å². The second-order valence-corrected chi connectivity index (χ2v) is 6.37. The number of halogens is 2. The van der Waals surface area contributed by atoms with Crippen molar-refractivity contribution in [3.63, 3.8) is 0 Å². The average Bonchev–Trinajstić information content (AvgIpc) is 2.37. The quantitative estimate of drug-likeness (QED) is 0.758. The third-order valence-corrected chi connectivity index (χ3v) is 4.42. The minimum atomic E-state index is -1.22. The topological polar surface area (TPSA) is 73.1 Å². The van der Waals surface area contributed by atoms with Crippen LogP contribution in [0.25, 0.3) is 0 Å². The van der Waals surface area contributed by atoms with Crippen LogP contribution < -0.4 is 5.32 Å². The summed E-state index contributed by atoms with van der Waals surface area (Å²) in [5, 5.41) is 19.8. The minimum absolute atomic E-state index is 0.277. The monoisotopic (exact) mass is 360 g/mol. The van der Waals surface area contributed by atoms with Crippen molar-refractivity contribution in [3.8, 4) is 6.07 Å². The maximum atomic E-state index is 14.0. The molecule has 0 heterocycles. The molecule has 0 aromatic heterocycles. The smallest absolute Gasteiger partial charge is 0.405 e. The molecule has 0 saturated heterocycles. The van der Waals surface area contributed by atoms with Crippen molar-refractivity contribution in [1.29, 1.82) is 5.26 Å². The number of benzene rings is 1. The molecule has 4 nitrogen and oxygen atoms in total. The Bertz CT molecular complexity index is 536. The van der Waals surface area contributed by atoms with Gasteiger partial charge in [0.05, 0.1) is 11.6 Å². The second kappa shape index (κ2) is 7.50. The number of hydrogen-bond donors (Lipinski definition) is 2. The molecule has 1 rings (SSSR count). The molecular weight excluding hydrogens is 347 g/mol. The molecule has 1 aromatic carbocycles. The van der Waals surface area contributed by atoms with Gasteiger partial charge in [-0.05, 0) is 25.1 Å². The molecule has 7 heteroatoms. The van der Waals surface area contributed by atoms with Gasteiger partial charge in [0.2, 0.25) is 0 Å². The molecule has 1 amide bonds. The number of amides is 1. The van der Waals surface area contributed by atoms with E-state index >= 15 is 0 Å². The first kappa shape index (κ1) is 16.8. The van der Waals surface area contributed by atoms with E-state index in [4.69, 9.17) is 10.4 Å². The first-order chi connectivity index (χ1) is 9.39. The highest BCUT2D eigenvalue weighted by atomic mass is 79.9. The fraction of sp³-hybridized carbons (Fsp3) is 0.385. The Balaban J connectivity index is 3.00. The summed E-state index contributed by atoms with van der Waals surface area (Å²) in [6.45, 7) is 1.63. The van der Waals surface area contributed by atoms with Crippen LogP contribution in [0.4, 0.5) is 9.18 Å². The van der Waals surface area contributed by atoms with Gasteiger partial charge < -0.3 is 10.4 Å². The summed E-state index contributed by atoms with van der Waals surface area (Å²) >= 11 is 4.66. The van der Waals surface area contributed by atoms with E-state index in [0.29, 0.717) is 22.4 Å². The highest BCUT2D eigenvalue weighted by Gasteiger charge is 2.31. The van der Waals surface area contributed by atoms with E-state index in [9.17, 15) is 9.18 Å². The third kappa shape index (κ3) is 4.69. The van der Waals surface area contributed by atoms with E-state index in [1.807, 2.05) is 6.07 Å². The lowest BCUT2D eigenvalue weighted by Crippen LogP contribution is -2.45. The van der Waals surface area contributed by atoms with Gasteiger partial charge in [-0.1, -0.05) is 15.9 Å². The summed E-state index contributed by atoms with van der Waals surface area (Å²) in [6.07, 6.45) is -0.845. The fourth-order valence-electron chi connectivity index (χ4n) is 1.73. The maximum absolute atomic E-state index is 14.0. The first-order valence-electron chi connectivity index (χ1n) is 5.80. The van der Waals surface area contributed by atoms with Crippen LogP contribution in [0.3, 0.4) is 0 Å². The number of thioether (sulfide) groups is 1. The molecule has 20 heavy (non-hydrogen) atoms. The van der Waals surface area contributed by atoms with Gasteiger partial charge in [-0.15, -0.1) is 0 Å². The van der Waals surface area contributed by atoms with E-state index in [2.05, 4.69) is 21.2 Å². The molecule has 0 aliphatic carbocycles. The van der Waals surface area contributed by atoms with Gasteiger partial charge in [-0.25, -0.2) is 9.18 Å². The minimum Gasteiger partial charge on any atom is -0.465 e. The Morgan fingerprint density at radius 2 is 2.35 bits per heavy atom. The van der Waals surface area contributed by atoms with Crippen LogP contribution in [0.15, 0.2) is 22.7 Å². The van der Waals surface area contributed by atoms with Gasteiger partial charge in [0, 0.05) is 28.0 Å². The average molecular weight is 361 g/mol. The van der Waals surface area contributed by atoms with Gasteiger partial charge in [-0.3, -0.25) is 0 Å². The maximum Gasteiger partial charge on any atom is 0.405 e. The lowest BCUT2D eigenvalue weighted by Gasteiger charge is -2.30. The number of carboxylic acid groups (broad SMARTS) is 1. The van der Waals surface area contributed by atoms with Crippen LogP contribution in [0, 0.1) is 17.1 Å². The van der Waals surface area contributed by atoms with Gasteiger partial charge in [-0.2, -0.15) is 17.0 Å². The molecule has 0 aliphatic heterocycles. The zero-order valence-electron chi connectivity index (χ0n) is 10.8. The number of nitrogens with zero attached hydrogens (tertiary/aromatic N) is 1. The van der Waals surface area contributed by atoms with Crippen molar-refractivity contribution >= 4 is 33.8 Å². The molecule has 0 bridgehead atoms. The van der Waals surface area contributed by atoms with Gasteiger partial charge >= 0.3 is 6.09 Å². The van der Waals surface area contributed by atoms with E-state index in [1.165, 1.54) is 17.8 Å². The van der Waals surface area contributed by atoms with Crippen LogP contribution in [0.2, 0.25) is 0 Å². The third-order valence-electron chi connectivity index (χ3n) is 2.65. The van der Waals surface area contributed by atoms with E-state index in [1.54, 1.807) is 19.1 Å². The van der Waals surface area contributed by atoms with Gasteiger partial charge in [0.25, 0.3) is 0 Å². The molecule has 0 fully saturated rings. The van der Waals surface area contributed by atoms with E-state index in [0.717, 1.165) is 0 Å². The van der Waals surface area contributed by atoms with Crippen LogP contribution in [0.5, 0.6) is 0 Å². The summed E-state index contributed by atoms with van der Waals surface area (Å²) in [5.41, 5.74) is -0.779. The number of nitriles is 1. The summed E-state index contributed by atoms with van der Waals surface area (Å²) in [5.74, 6) is 0.447. The molecule has 0 unspecified atom stereocenters.